The largest absolute Gasteiger partial charge is 0.353 e. The van der Waals surface area contributed by atoms with Crippen molar-refractivity contribution in [1.29, 1.82) is 0 Å². The first-order valence-electron chi connectivity index (χ1n) is 10.9. The van der Waals surface area contributed by atoms with Crippen LogP contribution in [0.2, 0.25) is 0 Å². The van der Waals surface area contributed by atoms with Crippen LogP contribution < -0.4 is 10.2 Å². The fourth-order valence-corrected chi connectivity index (χ4v) is 6.42. The number of rotatable bonds is 5. The van der Waals surface area contributed by atoms with Crippen LogP contribution in [-0.2, 0) is 16.4 Å². The van der Waals surface area contributed by atoms with Gasteiger partial charge in [0.1, 0.15) is 23.3 Å². The average Bonchev–Trinajstić information content (AvgIpc) is 3.25. The SMILES string of the molecule is CS(=O)(=O)C1CC(c2cc3ncnc(N4CCN(Cc5ccc(F)cc5)CC4)c3s2)=CCN1. The number of thiophene rings is 1. The summed E-state index contributed by atoms with van der Waals surface area (Å²) < 4.78 is 38.2. The Bertz CT molecular complexity index is 1280. The molecule has 0 bridgehead atoms. The Kier molecular flexibility index (Phi) is 6.17. The van der Waals surface area contributed by atoms with Crippen LogP contribution in [0, 0.1) is 5.82 Å². The Hall–Kier alpha value is -2.40. The van der Waals surface area contributed by atoms with Crippen LogP contribution in [0.15, 0.2) is 42.7 Å². The number of nitrogens with one attached hydrogen (secondary N) is 1. The van der Waals surface area contributed by atoms with Crippen molar-refractivity contribution in [1.82, 2.24) is 20.2 Å². The van der Waals surface area contributed by atoms with E-state index in [0.717, 1.165) is 64.8 Å². The molecule has 2 aliphatic rings. The minimum Gasteiger partial charge on any atom is -0.353 e. The fourth-order valence-electron chi connectivity index (χ4n) is 4.36. The van der Waals surface area contributed by atoms with Crippen molar-refractivity contribution in [3.8, 4) is 0 Å². The van der Waals surface area contributed by atoms with Crippen molar-refractivity contribution < 1.29 is 12.8 Å². The van der Waals surface area contributed by atoms with Crippen LogP contribution in [0.4, 0.5) is 10.2 Å². The van der Waals surface area contributed by atoms with Crippen molar-refractivity contribution >= 4 is 42.8 Å². The van der Waals surface area contributed by atoms with Crippen molar-refractivity contribution in [2.24, 2.45) is 0 Å². The van der Waals surface area contributed by atoms with Gasteiger partial charge in [-0.3, -0.25) is 10.2 Å². The first-order chi connectivity index (χ1) is 15.9. The Morgan fingerprint density at radius 3 is 2.64 bits per heavy atom. The Balaban J connectivity index is 1.31. The summed E-state index contributed by atoms with van der Waals surface area (Å²) in [5.74, 6) is 0.727. The van der Waals surface area contributed by atoms with Gasteiger partial charge in [-0.15, -0.1) is 11.3 Å². The van der Waals surface area contributed by atoms with Crippen LogP contribution in [0.5, 0.6) is 0 Å². The maximum Gasteiger partial charge on any atom is 0.163 e. The van der Waals surface area contributed by atoms with Crippen LogP contribution in [-0.4, -0.2) is 67.6 Å². The normalized spacial score (nSPS) is 20.2. The molecule has 2 aliphatic heterocycles. The lowest BCUT2D eigenvalue weighted by molar-refractivity contribution is 0.249. The van der Waals surface area contributed by atoms with Gasteiger partial charge < -0.3 is 4.90 Å². The third kappa shape index (κ3) is 4.93. The standard InChI is InChI=1S/C23H26FN5O2S2/c1-33(30,31)21-12-17(6-7-25-21)20-13-19-22(32-20)23(27-15-26-19)29-10-8-28(9-11-29)14-16-2-4-18(24)5-3-16/h2-6,13,15,21,25H,7-12,14H2,1H3. The Morgan fingerprint density at radius 1 is 1.15 bits per heavy atom. The van der Waals surface area contributed by atoms with Crippen LogP contribution in [0.25, 0.3) is 15.8 Å². The highest BCUT2D eigenvalue weighted by atomic mass is 32.2. The smallest absolute Gasteiger partial charge is 0.163 e. The number of anilines is 1. The molecule has 5 rings (SSSR count). The molecule has 174 valence electrons. The topological polar surface area (TPSA) is 78.4 Å². The number of sulfone groups is 1. The van der Waals surface area contributed by atoms with Crippen molar-refractivity contribution in [2.45, 2.75) is 18.3 Å². The monoisotopic (exact) mass is 487 g/mol. The summed E-state index contributed by atoms with van der Waals surface area (Å²) in [5.41, 5.74) is 3.05. The van der Waals surface area contributed by atoms with E-state index in [-0.39, 0.29) is 5.82 Å². The third-order valence-electron chi connectivity index (χ3n) is 6.22. The number of hydrogen-bond donors (Lipinski definition) is 1. The van der Waals surface area contributed by atoms with E-state index >= 15 is 0 Å². The zero-order valence-corrected chi connectivity index (χ0v) is 20.0. The summed E-state index contributed by atoms with van der Waals surface area (Å²) in [6.45, 7) is 4.84. The van der Waals surface area contributed by atoms with Crippen molar-refractivity contribution in [3.05, 3.63) is 59.0 Å². The quantitative estimate of drug-likeness (QED) is 0.593. The van der Waals surface area contributed by atoms with Gasteiger partial charge in [0, 0.05) is 56.8 Å². The molecular formula is C23H26FN5O2S2. The molecule has 1 aromatic carbocycles. The predicted octanol–water partition coefficient (Wildman–Crippen LogP) is 2.90. The van der Waals surface area contributed by atoms with Crippen molar-refractivity contribution in [2.75, 3.05) is 43.9 Å². The van der Waals surface area contributed by atoms with E-state index < -0.39 is 15.2 Å². The first-order valence-corrected chi connectivity index (χ1v) is 13.7. The van der Waals surface area contributed by atoms with Gasteiger partial charge in [-0.2, -0.15) is 0 Å². The van der Waals surface area contributed by atoms with E-state index in [1.54, 1.807) is 17.7 Å². The molecule has 3 aromatic rings. The lowest BCUT2D eigenvalue weighted by Gasteiger charge is -2.35. The number of aromatic nitrogens is 2. The molecule has 1 unspecified atom stereocenters. The minimum absolute atomic E-state index is 0.209. The molecule has 1 fully saturated rings. The fraction of sp³-hybridized carbons (Fsp3) is 0.391. The second-order valence-electron chi connectivity index (χ2n) is 8.57. The third-order valence-corrected chi connectivity index (χ3v) is 8.78. The van der Waals surface area contributed by atoms with E-state index in [9.17, 15) is 12.8 Å². The lowest BCUT2D eigenvalue weighted by Crippen LogP contribution is -2.46. The molecule has 1 N–H and O–H groups in total. The number of fused-ring (bicyclic) bond motifs is 1. The Labute approximate surface area is 196 Å². The summed E-state index contributed by atoms with van der Waals surface area (Å²) in [6, 6.07) is 8.74. The van der Waals surface area contributed by atoms with Gasteiger partial charge >= 0.3 is 0 Å². The molecular weight excluding hydrogens is 461 g/mol. The van der Waals surface area contributed by atoms with E-state index in [0.29, 0.717) is 13.0 Å². The maximum atomic E-state index is 13.2. The second-order valence-corrected chi connectivity index (χ2v) is 11.9. The highest BCUT2D eigenvalue weighted by Crippen LogP contribution is 2.37. The first kappa shape index (κ1) is 22.4. The van der Waals surface area contributed by atoms with Crippen molar-refractivity contribution in [3.63, 3.8) is 0 Å². The summed E-state index contributed by atoms with van der Waals surface area (Å²) in [5, 5.41) is 2.51. The lowest BCUT2D eigenvalue weighted by atomic mass is 10.1. The number of halogens is 1. The zero-order chi connectivity index (χ0) is 23.0. The summed E-state index contributed by atoms with van der Waals surface area (Å²) in [4.78, 5) is 14.8. The minimum atomic E-state index is -3.16. The molecule has 10 heteroatoms. The molecule has 2 aromatic heterocycles. The highest BCUT2D eigenvalue weighted by molar-refractivity contribution is 7.91. The molecule has 1 saturated heterocycles. The number of nitrogens with zero attached hydrogens (tertiary/aromatic N) is 4. The van der Waals surface area contributed by atoms with Crippen LogP contribution >= 0.6 is 11.3 Å². The molecule has 0 aliphatic carbocycles. The summed E-state index contributed by atoms with van der Waals surface area (Å²) >= 11 is 1.63. The molecule has 0 amide bonds. The van der Waals surface area contributed by atoms with Gasteiger partial charge in [0.25, 0.3) is 0 Å². The molecule has 0 radical (unpaired) electrons. The number of piperazine rings is 1. The van der Waals surface area contributed by atoms with Crippen LogP contribution in [0.1, 0.15) is 16.9 Å². The molecule has 1 atom stereocenters. The Morgan fingerprint density at radius 2 is 1.91 bits per heavy atom. The van der Waals surface area contributed by atoms with Gasteiger partial charge in [0.15, 0.2) is 9.84 Å². The zero-order valence-electron chi connectivity index (χ0n) is 18.4. The molecule has 33 heavy (non-hydrogen) atoms. The van der Waals surface area contributed by atoms with Gasteiger partial charge in [-0.1, -0.05) is 18.2 Å². The van der Waals surface area contributed by atoms with Crippen LogP contribution in [0.3, 0.4) is 0 Å². The maximum absolute atomic E-state index is 13.2. The molecule has 7 nitrogen and oxygen atoms in total. The van der Waals surface area contributed by atoms with E-state index in [1.807, 2.05) is 18.2 Å². The second kappa shape index (κ2) is 9.09. The van der Waals surface area contributed by atoms with E-state index in [2.05, 4.69) is 31.2 Å². The predicted molar refractivity (Wildman–Crippen MR) is 131 cm³/mol. The van der Waals surface area contributed by atoms with Gasteiger partial charge in [0.2, 0.25) is 0 Å². The summed E-state index contributed by atoms with van der Waals surface area (Å²) in [6.07, 6.45) is 5.40. The van der Waals surface area contributed by atoms with Gasteiger partial charge in [-0.05, 0) is 29.3 Å². The van der Waals surface area contributed by atoms with E-state index in [4.69, 9.17) is 0 Å². The van der Waals surface area contributed by atoms with E-state index in [1.165, 1.54) is 18.4 Å². The molecule has 0 spiro atoms. The molecule has 0 saturated carbocycles. The van der Waals surface area contributed by atoms with Gasteiger partial charge in [0.05, 0.1) is 10.2 Å². The number of benzene rings is 1. The average molecular weight is 488 g/mol. The molecule has 4 heterocycles. The summed E-state index contributed by atoms with van der Waals surface area (Å²) in [7, 11) is -3.16. The number of hydrogen-bond acceptors (Lipinski definition) is 8. The van der Waals surface area contributed by atoms with Gasteiger partial charge in [-0.25, -0.2) is 22.8 Å². The highest BCUT2D eigenvalue weighted by Gasteiger charge is 2.26.